The second-order valence-electron chi connectivity index (χ2n) is 2.02. The Bertz CT molecular complexity index is 154. The van der Waals surface area contributed by atoms with E-state index in [4.69, 9.17) is 5.11 Å². The maximum atomic E-state index is 10.7. The van der Waals surface area contributed by atoms with Crippen LogP contribution in [0.5, 0.6) is 0 Å². The van der Waals surface area contributed by atoms with E-state index in [1.165, 1.54) is 7.11 Å². The van der Waals surface area contributed by atoms with Gasteiger partial charge in [-0.25, -0.2) is 0 Å². The second-order valence-corrected chi connectivity index (χ2v) is 2.02. The van der Waals surface area contributed by atoms with E-state index in [0.717, 1.165) is 0 Å². The molecule has 0 radical (unpaired) electrons. The summed E-state index contributed by atoms with van der Waals surface area (Å²) in [6.07, 6.45) is 0.00738. The van der Waals surface area contributed by atoms with Gasteiger partial charge in [-0.05, 0) is 0 Å². The third-order valence-electron chi connectivity index (χ3n) is 1.12. The molecule has 0 aromatic carbocycles. The number of aliphatic hydroxyl groups is 1. The van der Waals surface area contributed by atoms with Crippen LogP contribution in [0.1, 0.15) is 12.8 Å². The molecule has 0 fully saturated rings. The first-order valence-electron chi connectivity index (χ1n) is 3.54. The van der Waals surface area contributed by atoms with Gasteiger partial charge in [0, 0.05) is 0 Å². The van der Waals surface area contributed by atoms with Gasteiger partial charge in [-0.15, -0.1) is 0 Å². The van der Waals surface area contributed by atoms with Gasteiger partial charge in [0.1, 0.15) is 6.61 Å². The Kier molecular flexibility index (Phi) is 6.00. The molecule has 0 atom stereocenters. The van der Waals surface area contributed by atoms with E-state index in [0.29, 0.717) is 0 Å². The van der Waals surface area contributed by atoms with Gasteiger partial charge in [0.2, 0.25) is 0 Å². The fourth-order valence-corrected chi connectivity index (χ4v) is 0.538. The van der Waals surface area contributed by atoms with Crippen LogP contribution in [-0.2, 0) is 19.1 Å². The van der Waals surface area contributed by atoms with Crippen molar-refractivity contribution in [3.05, 3.63) is 0 Å². The minimum Gasteiger partial charge on any atom is -0.469 e. The van der Waals surface area contributed by atoms with Gasteiger partial charge in [-0.3, -0.25) is 9.59 Å². The summed E-state index contributed by atoms with van der Waals surface area (Å²) in [7, 11) is 1.25. The number of esters is 2. The Labute approximate surface area is 70.3 Å². The van der Waals surface area contributed by atoms with Crippen molar-refractivity contribution in [3.63, 3.8) is 0 Å². The first-order valence-corrected chi connectivity index (χ1v) is 3.54. The SMILES string of the molecule is COC(=O)CCC(=O)OCCO. The van der Waals surface area contributed by atoms with Crippen molar-refractivity contribution in [1.29, 1.82) is 0 Å². The summed E-state index contributed by atoms with van der Waals surface area (Å²) in [5.74, 6) is -0.953. The third kappa shape index (κ3) is 5.67. The van der Waals surface area contributed by atoms with E-state index in [9.17, 15) is 9.59 Å². The fourth-order valence-electron chi connectivity index (χ4n) is 0.538. The zero-order valence-corrected chi connectivity index (χ0v) is 6.91. The molecule has 0 bridgehead atoms. The van der Waals surface area contributed by atoms with Crippen molar-refractivity contribution in [3.8, 4) is 0 Å². The fraction of sp³-hybridized carbons (Fsp3) is 0.714. The van der Waals surface area contributed by atoms with Gasteiger partial charge in [-0.1, -0.05) is 0 Å². The molecule has 0 amide bonds. The molecule has 0 saturated heterocycles. The number of hydrogen-bond donors (Lipinski definition) is 1. The van der Waals surface area contributed by atoms with Crippen molar-refractivity contribution in [1.82, 2.24) is 0 Å². The molecular weight excluding hydrogens is 164 g/mol. The van der Waals surface area contributed by atoms with E-state index in [-0.39, 0.29) is 26.1 Å². The second kappa shape index (κ2) is 6.60. The third-order valence-corrected chi connectivity index (χ3v) is 1.12. The summed E-state index contributed by atoms with van der Waals surface area (Å²) in [6.45, 7) is -0.232. The molecule has 70 valence electrons. The molecule has 5 nitrogen and oxygen atoms in total. The summed E-state index contributed by atoms with van der Waals surface area (Å²) in [4.78, 5) is 21.2. The van der Waals surface area contributed by atoms with E-state index < -0.39 is 11.9 Å². The molecule has 0 aliphatic carbocycles. The molecular formula is C7H12O5. The first-order chi connectivity index (χ1) is 5.70. The summed E-state index contributed by atoms with van der Waals surface area (Å²) in [5, 5.41) is 8.27. The average Bonchev–Trinajstić information content (AvgIpc) is 2.10. The van der Waals surface area contributed by atoms with Crippen LogP contribution in [0.3, 0.4) is 0 Å². The maximum Gasteiger partial charge on any atom is 0.306 e. The number of ether oxygens (including phenoxy) is 2. The monoisotopic (exact) mass is 176 g/mol. The largest absolute Gasteiger partial charge is 0.469 e. The summed E-state index contributed by atoms with van der Waals surface area (Å²) in [5.41, 5.74) is 0. The van der Waals surface area contributed by atoms with E-state index in [1.807, 2.05) is 0 Å². The Hall–Kier alpha value is -1.10. The number of methoxy groups -OCH3 is 1. The lowest BCUT2D eigenvalue weighted by molar-refractivity contribution is -0.149. The van der Waals surface area contributed by atoms with Gasteiger partial charge in [0.05, 0.1) is 26.6 Å². The number of aliphatic hydroxyl groups excluding tert-OH is 1. The van der Waals surface area contributed by atoms with Crippen LogP contribution in [0, 0.1) is 0 Å². The highest BCUT2D eigenvalue weighted by Gasteiger charge is 2.06. The predicted octanol–water partition coefficient (Wildman–Crippen LogP) is -0.525. The minimum atomic E-state index is -0.505. The van der Waals surface area contributed by atoms with Crippen LogP contribution in [0.25, 0.3) is 0 Å². The maximum absolute atomic E-state index is 10.7. The van der Waals surface area contributed by atoms with Crippen LogP contribution in [0.15, 0.2) is 0 Å². The van der Waals surface area contributed by atoms with Gasteiger partial charge in [0.15, 0.2) is 0 Å². The molecule has 0 aliphatic heterocycles. The molecule has 0 unspecified atom stereocenters. The topological polar surface area (TPSA) is 72.8 Å². The predicted molar refractivity (Wildman–Crippen MR) is 39.3 cm³/mol. The van der Waals surface area contributed by atoms with Crippen LogP contribution < -0.4 is 0 Å². The molecule has 0 aromatic heterocycles. The zero-order chi connectivity index (χ0) is 9.40. The van der Waals surface area contributed by atoms with E-state index in [2.05, 4.69) is 9.47 Å². The van der Waals surface area contributed by atoms with Crippen molar-refractivity contribution in [2.75, 3.05) is 20.3 Å². The number of carbonyl (C=O) groups is 2. The normalized spacial score (nSPS) is 9.17. The molecule has 1 N–H and O–H groups in total. The Morgan fingerprint density at radius 2 is 1.83 bits per heavy atom. The highest BCUT2D eigenvalue weighted by molar-refractivity contribution is 5.77. The summed E-state index contributed by atoms with van der Waals surface area (Å²) < 4.78 is 8.80. The van der Waals surface area contributed by atoms with Crippen molar-refractivity contribution < 1.29 is 24.2 Å². The minimum absolute atomic E-state index is 0.00727. The van der Waals surface area contributed by atoms with Crippen molar-refractivity contribution in [2.45, 2.75) is 12.8 Å². The van der Waals surface area contributed by atoms with Gasteiger partial charge in [-0.2, -0.15) is 0 Å². The van der Waals surface area contributed by atoms with Gasteiger partial charge >= 0.3 is 11.9 Å². The molecule has 0 heterocycles. The van der Waals surface area contributed by atoms with Crippen molar-refractivity contribution >= 4 is 11.9 Å². The smallest absolute Gasteiger partial charge is 0.306 e. The highest BCUT2D eigenvalue weighted by atomic mass is 16.5. The van der Waals surface area contributed by atoms with Gasteiger partial charge in [0.25, 0.3) is 0 Å². The lowest BCUT2D eigenvalue weighted by Gasteiger charge is -2.00. The van der Waals surface area contributed by atoms with Gasteiger partial charge < -0.3 is 14.6 Å². The van der Waals surface area contributed by atoms with E-state index in [1.54, 1.807) is 0 Å². The molecule has 12 heavy (non-hydrogen) atoms. The van der Waals surface area contributed by atoms with Crippen LogP contribution in [0.2, 0.25) is 0 Å². The standard InChI is InChI=1S/C7H12O5/c1-11-6(9)2-3-7(10)12-5-4-8/h8H,2-5H2,1H3. The molecule has 0 aromatic rings. The van der Waals surface area contributed by atoms with Crippen molar-refractivity contribution in [2.24, 2.45) is 0 Å². The zero-order valence-electron chi connectivity index (χ0n) is 6.91. The van der Waals surface area contributed by atoms with Crippen LogP contribution in [-0.4, -0.2) is 37.4 Å². The average molecular weight is 176 g/mol. The Morgan fingerprint density at radius 3 is 2.33 bits per heavy atom. The quantitative estimate of drug-likeness (QED) is 0.570. The van der Waals surface area contributed by atoms with Crippen LogP contribution >= 0.6 is 0 Å². The highest BCUT2D eigenvalue weighted by Crippen LogP contribution is 1.94. The van der Waals surface area contributed by atoms with E-state index >= 15 is 0 Å². The molecule has 5 heteroatoms. The molecule has 0 aliphatic rings. The lowest BCUT2D eigenvalue weighted by atomic mass is 10.3. The molecule has 0 saturated carbocycles. The Balaban J connectivity index is 3.37. The summed E-state index contributed by atoms with van der Waals surface area (Å²) >= 11 is 0. The summed E-state index contributed by atoms with van der Waals surface area (Å²) in [6, 6.07) is 0. The lowest BCUT2D eigenvalue weighted by Crippen LogP contribution is -2.11. The molecule has 0 spiro atoms. The van der Waals surface area contributed by atoms with Crippen LogP contribution in [0.4, 0.5) is 0 Å². The number of hydrogen-bond acceptors (Lipinski definition) is 5. The molecule has 0 rings (SSSR count). The number of rotatable bonds is 5. The Morgan fingerprint density at radius 1 is 1.25 bits per heavy atom. The number of carbonyl (C=O) groups excluding carboxylic acids is 2. The first kappa shape index (κ1) is 10.9.